The number of benzene rings is 1. The van der Waals surface area contributed by atoms with Gasteiger partial charge in [-0.3, -0.25) is 4.72 Å². The third-order valence-corrected chi connectivity index (χ3v) is 4.30. The molecule has 0 unspecified atom stereocenters. The van der Waals surface area contributed by atoms with E-state index in [9.17, 15) is 8.42 Å². The molecule has 1 heterocycles. The molecule has 0 spiro atoms. The van der Waals surface area contributed by atoms with Crippen molar-refractivity contribution in [1.29, 1.82) is 0 Å². The van der Waals surface area contributed by atoms with E-state index in [1.165, 1.54) is 24.5 Å². The molecule has 2 aromatic rings. The molecular weight excluding hydrogens is 300 g/mol. The molecule has 0 amide bonds. The zero-order chi connectivity index (χ0) is 14.8. The number of rotatable bonds is 4. The van der Waals surface area contributed by atoms with Crippen molar-refractivity contribution >= 4 is 33.3 Å². The summed E-state index contributed by atoms with van der Waals surface area (Å²) in [5.74, 6) is 0.491. The summed E-state index contributed by atoms with van der Waals surface area (Å²) in [4.78, 5) is 9.79. The topological polar surface area (TPSA) is 75.2 Å². The second-order valence-corrected chi connectivity index (χ2v) is 6.26. The zero-order valence-electron chi connectivity index (χ0n) is 10.9. The van der Waals surface area contributed by atoms with Crippen LogP contribution in [0, 0.1) is 0 Å². The highest BCUT2D eigenvalue weighted by Crippen LogP contribution is 2.22. The van der Waals surface area contributed by atoms with Crippen molar-refractivity contribution in [2.45, 2.75) is 4.90 Å². The molecule has 0 aliphatic rings. The van der Waals surface area contributed by atoms with Crippen molar-refractivity contribution in [3.63, 3.8) is 0 Å². The quantitative estimate of drug-likeness (QED) is 0.934. The Morgan fingerprint density at radius 2 is 1.75 bits per heavy atom. The fourth-order valence-corrected chi connectivity index (χ4v) is 3.03. The monoisotopic (exact) mass is 312 g/mol. The molecule has 1 aromatic heterocycles. The first-order chi connectivity index (χ1) is 9.40. The largest absolute Gasteiger partial charge is 0.347 e. The van der Waals surface area contributed by atoms with Crippen LogP contribution in [0.25, 0.3) is 0 Å². The lowest BCUT2D eigenvalue weighted by molar-refractivity contribution is 0.601. The van der Waals surface area contributed by atoms with Crippen molar-refractivity contribution in [3.05, 3.63) is 41.7 Å². The molecular formula is C12H13ClN4O2S. The fourth-order valence-electron chi connectivity index (χ4n) is 1.48. The number of nitrogens with zero attached hydrogens (tertiary/aromatic N) is 3. The van der Waals surface area contributed by atoms with Gasteiger partial charge in [0.05, 0.1) is 23.1 Å². The molecule has 0 saturated heterocycles. The van der Waals surface area contributed by atoms with Gasteiger partial charge in [0.25, 0.3) is 10.0 Å². The van der Waals surface area contributed by atoms with E-state index in [1.54, 1.807) is 31.1 Å². The average molecular weight is 313 g/mol. The predicted octanol–water partition coefficient (Wildman–Crippen LogP) is 2.00. The molecule has 0 fully saturated rings. The van der Waals surface area contributed by atoms with Crippen LogP contribution in [0.1, 0.15) is 0 Å². The van der Waals surface area contributed by atoms with E-state index in [0.717, 1.165) is 0 Å². The van der Waals surface area contributed by atoms with E-state index in [2.05, 4.69) is 14.7 Å². The Morgan fingerprint density at radius 3 is 2.30 bits per heavy atom. The summed E-state index contributed by atoms with van der Waals surface area (Å²) in [6, 6.07) is 6.21. The Kier molecular flexibility index (Phi) is 4.10. The number of aromatic nitrogens is 2. The summed E-state index contributed by atoms with van der Waals surface area (Å²) >= 11 is 5.88. The number of hydrogen-bond donors (Lipinski definition) is 1. The van der Waals surface area contributed by atoms with Crippen LogP contribution in [0.15, 0.2) is 41.6 Å². The number of anilines is 2. The van der Waals surface area contributed by atoms with Crippen LogP contribution in [-0.4, -0.2) is 32.5 Å². The Bertz CT molecular complexity index is 702. The molecule has 2 rings (SSSR count). The Balaban J connectivity index is 2.27. The highest BCUT2D eigenvalue weighted by molar-refractivity contribution is 7.92. The molecule has 0 saturated carbocycles. The molecule has 0 aliphatic carbocycles. The highest BCUT2D eigenvalue weighted by Gasteiger charge is 2.17. The predicted molar refractivity (Wildman–Crippen MR) is 78.6 cm³/mol. The third-order valence-electron chi connectivity index (χ3n) is 2.42. The summed E-state index contributed by atoms with van der Waals surface area (Å²) in [5.41, 5.74) is 0.274. The van der Waals surface area contributed by atoms with Gasteiger partial charge < -0.3 is 4.90 Å². The molecule has 0 atom stereocenters. The number of nitrogens with one attached hydrogen (secondary N) is 1. The first-order valence-electron chi connectivity index (χ1n) is 5.67. The van der Waals surface area contributed by atoms with Crippen molar-refractivity contribution in [2.75, 3.05) is 23.7 Å². The van der Waals surface area contributed by atoms with Crippen LogP contribution in [0.2, 0.25) is 5.02 Å². The van der Waals surface area contributed by atoms with Crippen LogP contribution < -0.4 is 9.62 Å². The lowest BCUT2D eigenvalue weighted by Crippen LogP contribution is -2.15. The van der Waals surface area contributed by atoms with Crippen molar-refractivity contribution in [3.8, 4) is 0 Å². The Hall–Kier alpha value is -1.86. The van der Waals surface area contributed by atoms with Gasteiger partial charge in [0.15, 0.2) is 0 Å². The summed E-state index contributed by atoms with van der Waals surface area (Å²) in [5, 5.41) is 0.158. The minimum Gasteiger partial charge on any atom is -0.347 e. The molecule has 1 aromatic carbocycles. The molecule has 6 nitrogen and oxygen atoms in total. The minimum absolute atomic E-state index is 0.0124. The number of halogens is 1. The zero-order valence-corrected chi connectivity index (χ0v) is 12.5. The van der Waals surface area contributed by atoms with Crippen LogP contribution in [-0.2, 0) is 10.0 Å². The molecule has 106 valence electrons. The van der Waals surface area contributed by atoms with Crippen LogP contribution in [0.3, 0.4) is 0 Å². The Morgan fingerprint density at radius 1 is 1.15 bits per heavy atom. The lowest BCUT2D eigenvalue weighted by atomic mass is 10.4. The highest BCUT2D eigenvalue weighted by atomic mass is 35.5. The fraction of sp³-hybridized carbons (Fsp3) is 0.167. The third kappa shape index (κ3) is 3.17. The van der Waals surface area contributed by atoms with Crippen molar-refractivity contribution in [2.24, 2.45) is 0 Å². The summed E-state index contributed by atoms with van der Waals surface area (Å²) < 4.78 is 26.7. The second-order valence-electron chi connectivity index (χ2n) is 4.20. The van der Waals surface area contributed by atoms with E-state index in [0.29, 0.717) is 5.95 Å². The van der Waals surface area contributed by atoms with E-state index < -0.39 is 10.0 Å². The van der Waals surface area contributed by atoms with Gasteiger partial charge in [0.2, 0.25) is 5.95 Å². The maximum atomic E-state index is 12.2. The second kappa shape index (κ2) is 5.64. The van der Waals surface area contributed by atoms with Crippen molar-refractivity contribution < 1.29 is 8.42 Å². The van der Waals surface area contributed by atoms with Crippen LogP contribution in [0.5, 0.6) is 0 Å². The van der Waals surface area contributed by atoms with Gasteiger partial charge in [0, 0.05) is 14.1 Å². The first kappa shape index (κ1) is 14.5. The Labute approximate surface area is 122 Å². The van der Waals surface area contributed by atoms with Gasteiger partial charge in [-0.2, -0.15) is 0 Å². The minimum atomic E-state index is -3.75. The number of hydrogen-bond acceptors (Lipinski definition) is 5. The molecule has 20 heavy (non-hydrogen) atoms. The molecule has 1 N–H and O–H groups in total. The van der Waals surface area contributed by atoms with E-state index in [-0.39, 0.29) is 15.6 Å². The van der Waals surface area contributed by atoms with Gasteiger partial charge in [-0.15, -0.1) is 0 Å². The first-order valence-corrected chi connectivity index (χ1v) is 7.53. The normalized spacial score (nSPS) is 11.2. The molecule has 0 aliphatic heterocycles. The summed E-state index contributed by atoms with van der Waals surface area (Å²) in [7, 11) is -0.164. The smallest absolute Gasteiger partial charge is 0.263 e. The SMILES string of the molecule is CN(C)c1ncc(NS(=O)(=O)c2ccccc2Cl)cn1. The lowest BCUT2D eigenvalue weighted by Gasteiger charge is -2.11. The van der Waals surface area contributed by atoms with Gasteiger partial charge in [-0.05, 0) is 12.1 Å². The average Bonchev–Trinajstić information content (AvgIpc) is 2.39. The number of sulfonamides is 1. The van der Waals surface area contributed by atoms with E-state index in [4.69, 9.17) is 11.6 Å². The maximum Gasteiger partial charge on any atom is 0.263 e. The van der Waals surface area contributed by atoms with E-state index >= 15 is 0 Å². The van der Waals surface area contributed by atoms with Gasteiger partial charge in [-0.25, -0.2) is 18.4 Å². The maximum absolute atomic E-state index is 12.2. The molecule has 0 radical (unpaired) electrons. The molecule has 8 heteroatoms. The van der Waals surface area contributed by atoms with Crippen molar-refractivity contribution in [1.82, 2.24) is 9.97 Å². The van der Waals surface area contributed by atoms with Crippen LogP contribution in [0.4, 0.5) is 11.6 Å². The standard InChI is InChI=1S/C12H13ClN4O2S/c1-17(2)12-14-7-9(8-15-12)16-20(18,19)11-6-4-3-5-10(11)13/h3-8,16H,1-2H3. The van der Waals surface area contributed by atoms with Crippen LogP contribution >= 0.6 is 11.6 Å². The summed E-state index contributed by atoms with van der Waals surface area (Å²) in [6.45, 7) is 0. The summed E-state index contributed by atoms with van der Waals surface area (Å²) in [6.07, 6.45) is 2.80. The van der Waals surface area contributed by atoms with E-state index in [1.807, 2.05) is 0 Å². The van der Waals surface area contributed by atoms with Gasteiger partial charge in [0.1, 0.15) is 4.90 Å². The van der Waals surface area contributed by atoms with Gasteiger partial charge in [-0.1, -0.05) is 23.7 Å². The molecule has 0 bridgehead atoms. The van der Waals surface area contributed by atoms with Gasteiger partial charge >= 0.3 is 0 Å².